The maximum atomic E-state index is 11.4. The van der Waals surface area contributed by atoms with Gasteiger partial charge in [0.2, 0.25) is 0 Å². The van der Waals surface area contributed by atoms with Crippen molar-refractivity contribution in [3.8, 4) is 17.0 Å². The minimum Gasteiger partial charge on any atom is -0.492 e. The monoisotopic (exact) mass is 356 g/mol. The average molecular weight is 356 g/mol. The molecule has 1 fully saturated rings. The molecule has 1 N–H and O–H groups in total. The number of rotatable bonds is 6. The van der Waals surface area contributed by atoms with E-state index in [1.54, 1.807) is 6.07 Å². The standard InChI is InChI=1S/C20H24N2O4/c1-14-12-22(13-15(2)26-14)8-9-25-17-10-18(16-6-4-3-5-7-16)21-19(11-17)20(23)24/h3-7,10-11,14-15H,8-9,12-13H2,1-2H3,(H,23,24)/t14-,15+. The largest absolute Gasteiger partial charge is 0.492 e. The summed E-state index contributed by atoms with van der Waals surface area (Å²) in [4.78, 5) is 17.9. The minimum absolute atomic E-state index is 0.0185. The number of pyridine rings is 1. The number of aromatic nitrogens is 1. The molecule has 138 valence electrons. The van der Waals surface area contributed by atoms with Crippen LogP contribution in [0.15, 0.2) is 42.5 Å². The minimum atomic E-state index is -1.07. The van der Waals surface area contributed by atoms with Gasteiger partial charge in [0.05, 0.1) is 17.9 Å². The van der Waals surface area contributed by atoms with Crippen LogP contribution in [0.2, 0.25) is 0 Å². The van der Waals surface area contributed by atoms with Crippen molar-refractivity contribution in [3.63, 3.8) is 0 Å². The molecule has 0 amide bonds. The highest BCUT2D eigenvalue weighted by Crippen LogP contribution is 2.23. The second-order valence-corrected chi connectivity index (χ2v) is 6.61. The SMILES string of the molecule is C[C@@H]1CN(CCOc2cc(C(=O)O)nc(-c3ccccc3)c2)C[C@H](C)O1. The maximum Gasteiger partial charge on any atom is 0.354 e. The number of benzene rings is 1. The Morgan fingerprint density at radius 1 is 1.23 bits per heavy atom. The van der Waals surface area contributed by atoms with Crippen LogP contribution in [0.25, 0.3) is 11.3 Å². The van der Waals surface area contributed by atoms with Gasteiger partial charge < -0.3 is 14.6 Å². The number of carbonyl (C=O) groups is 1. The van der Waals surface area contributed by atoms with Gasteiger partial charge in [-0.2, -0.15) is 0 Å². The summed E-state index contributed by atoms with van der Waals surface area (Å²) in [7, 11) is 0. The Balaban J connectivity index is 1.69. The van der Waals surface area contributed by atoms with Crippen LogP contribution in [-0.2, 0) is 4.74 Å². The lowest BCUT2D eigenvalue weighted by atomic mass is 10.1. The van der Waals surface area contributed by atoms with Gasteiger partial charge in [0, 0.05) is 37.3 Å². The van der Waals surface area contributed by atoms with Crippen molar-refractivity contribution in [2.45, 2.75) is 26.1 Å². The summed E-state index contributed by atoms with van der Waals surface area (Å²) in [5.41, 5.74) is 1.43. The van der Waals surface area contributed by atoms with Crippen LogP contribution in [0.1, 0.15) is 24.3 Å². The molecule has 1 aromatic carbocycles. The second kappa shape index (κ2) is 8.29. The van der Waals surface area contributed by atoms with Crippen molar-refractivity contribution in [1.82, 2.24) is 9.88 Å². The molecule has 26 heavy (non-hydrogen) atoms. The lowest BCUT2D eigenvalue weighted by molar-refractivity contribution is -0.0699. The Morgan fingerprint density at radius 2 is 1.92 bits per heavy atom. The molecule has 2 atom stereocenters. The summed E-state index contributed by atoms with van der Waals surface area (Å²) < 4.78 is 11.6. The molecule has 0 aliphatic carbocycles. The average Bonchev–Trinajstić information content (AvgIpc) is 2.61. The molecule has 1 aromatic heterocycles. The van der Waals surface area contributed by atoms with E-state index < -0.39 is 5.97 Å². The van der Waals surface area contributed by atoms with Crippen molar-refractivity contribution in [3.05, 3.63) is 48.2 Å². The molecule has 3 rings (SSSR count). The Bertz CT molecular complexity index is 741. The van der Waals surface area contributed by atoms with Crippen LogP contribution in [0.4, 0.5) is 0 Å². The first-order chi connectivity index (χ1) is 12.5. The molecule has 0 bridgehead atoms. The highest BCUT2D eigenvalue weighted by molar-refractivity contribution is 5.86. The number of carboxylic acids is 1. The van der Waals surface area contributed by atoms with Gasteiger partial charge >= 0.3 is 5.97 Å². The highest BCUT2D eigenvalue weighted by Gasteiger charge is 2.21. The predicted octanol–water partition coefficient (Wildman–Crippen LogP) is 2.93. The van der Waals surface area contributed by atoms with Gasteiger partial charge in [0.25, 0.3) is 0 Å². The number of carboxylic acid groups (broad SMARTS) is 1. The first kappa shape index (κ1) is 18.4. The van der Waals surface area contributed by atoms with Crippen LogP contribution in [0.3, 0.4) is 0 Å². The molecule has 0 saturated carbocycles. The Morgan fingerprint density at radius 3 is 2.58 bits per heavy atom. The third kappa shape index (κ3) is 4.80. The molecule has 6 nitrogen and oxygen atoms in total. The maximum absolute atomic E-state index is 11.4. The fourth-order valence-corrected chi connectivity index (χ4v) is 3.21. The molecule has 0 unspecified atom stereocenters. The summed E-state index contributed by atoms with van der Waals surface area (Å²) in [6.45, 7) is 7.13. The van der Waals surface area contributed by atoms with Crippen LogP contribution in [0, 0.1) is 0 Å². The van der Waals surface area contributed by atoms with E-state index in [2.05, 4.69) is 23.7 Å². The van der Waals surface area contributed by atoms with Crippen molar-refractivity contribution in [1.29, 1.82) is 0 Å². The van der Waals surface area contributed by atoms with E-state index in [9.17, 15) is 9.90 Å². The zero-order chi connectivity index (χ0) is 18.5. The fourth-order valence-electron chi connectivity index (χ4n) is 3.21. The summed E-state index contributed by atoms with van der Waals surface area (Å²) in [5, 5.41) is 9.33. The lowest BCUT2D eigenvalue weighted by Gasteiger charge is -2.35. The van der Waals surface area contributed by atoms with Crippen LogP contribution < -0.4 is 4.74 Å². The van der Waals surface area contributed by atoms with Crippen molar-refractivity contribution in [2.75, 3.05) is 26.2 Å². The topological polar surface area (TPSA) is 71.9 Å². The number of hydrogen-bond donors (Lipinski definition) is 1. The third-order valence-corrected chi connectivity index (χ3v) is 4.26. The molecule has 0 spiro atoms. The lowest BCUT2D eigenvalue weighted by Crippen LogP contribution is -2.46. The van der Waals surface area contributed by atoms with Crippen LogP contribution >= 0.6 is 0 Å². The predicted molar refractivity (Wildman–Crippen MR) is 98.6 cm³/mol. The fraction of sp³-hybridized carbons (Fsp3) is 0.400. The molecular weight excluding hydrogens is 332 g/mol. The Kier molecular flexibility index (Phi) is 5.85. The quantitative estimate of drug-likeness (QED) is 0.858. The highest BCUT2D eigenvalue weighted by atomic mass is 16.5. The molecule has 2 aromatic rings. The second-order valence-electron chi connectivity index (χ2n) is 6.61. The molecule has 1 aliphatic heterocycles. The molecule has 2 heterocycles. The zero-order valence-corrected chi connectivity index (χ0v) is 15.1. The van der Waals surface area contributed by atoms with Gasteiger partial charge in [-0.25, -0.2) is 9.78 Å². The van der Waals surface area contributed by atoms with Gasteiger partial charge in [-0.3, -0.25) is 4.90 Å². The first-order valence-electron chi connectivity index (χ1n) is 8.82. The van der Waals surface area contributed by atoms with E-state index in [4.69, 9.17) is 9.47 Å². The molecule has 1 aliphatic rings. The first-order valence-corrected chi connectivity index (χ1v) is 8.82. The number of morpholine rings is 1. The normalized spacial score (nSPS) is 20.7. The summed E-state index contributed by atoms with van der Waals surface area (Å²) in [6.07, 6.45) is 0.422. The van der Waals surface area contributed by atoms with Crippen LogP contribution in [-0.4, -0.2) is 59.4 Å². The van der Waals surface area contributed by atoms with E-state index in [-0.39, 0.29) is 17.9 Å². The van der Waals surface area contributed by atoms with Crippen molar-refractivity contribution in [2.24, 2.45) is 0 Å². The number of ether oxygens (including phenoxy) is 2. The Labute approximate surface area is 153 Å². The third-order valence-electron chi connectivity index (χ3n) is 4.26. The number of aromatic carboxylic acids is 1. The smallest absolute Gasteiger partial charge is 0.354 e. The molecule has 0 radical (unpaired) electrons. The van der Waals surface area contributed by atoms with E-state index in [1.807, 2.05) is 30.3 Å². The summed E-state index contributed by atoms with van der Waals surface area (Å²) in [5.74, 6) is -0.547. The van der Waals surface area contributed by atoms with Gasteiger partial charge in [0.15, 0.2) is 5.69 Å². The molecule has 6 heteroatoms. The van der Waals surface area contributed by atoms with Gasteiger partial charge in [-0.05, 0) is 13.8 Å². The molecule has 1 saturated heterocycles. The van der Waals surface area contributed by atoms with Crippen LogP contribution in [0.5, 0.6) is 5.75 Å². The summed E-state index contributed by atoms with van der Waals surface area (Å²) in [6, 6.07) is 12.7. The van der Waals surface area contributed by atoms with E-state index in [0.29, 0.717) is 18.1 Å². The van der Waals surface area contributed by atoms with Gasteiger partial charge in [-0.1, -0.05) is 30.3 Å². The van der Waals surface area contributed by atoms with E-state index in [0.717, 1.165) is 25.2 Å². The van der Waals surface area contributed by atoms with Gasteiger partial charge in [-0.15, -0.1) is 0 Å². The zero-order valence-electron chi connectivity index (χ0n) is 15.1. The summed E-state index contributed by atoms with van der Waals surface area (Å²) >= 11 is 0. The van der Waals surface area contributed by atoms with E-state index in [1.165, 1.54) is 6.07 Å². The van der Waals surface area contributed by atoms with Crippen molar-refractivity contribution < 1.29 is 19.4 Å². The number of nitrogens with zero attached hydrogens (tertiary/aromatic N) is 2. The van der Waals surface area contributed by atoms with Crippen molar-refractivity contribution >= 4 is 5.97 Å². The van der Waals surface area contributed by atoms with E-state index >= 15 is 0 Å². The molecular formula is C20H24N2O4. The Hall–Kier alpha value is -2.44. The van der Waals surface area contributed by atoms with Gasteiger partial charge in [0.1, 0.15) is 12.4 Å². The number of hydrogen-bond acceptors (Lipinski definition) is 5.